The van der Waals surface area contributed by atoms with Gasteiger partial charge in [0.15, 0.2) is 0 Å². The summed E-state index contributed by atoms with van der Waals surface area (Å²) >= 11 is 0. The maximum absolute atomic E-state index is 5.28. The number of benzene rings is 4. The molecule has 1 radical (unpaired) electrons. The largest absolute Gasteiger partial charge is 0.544 e. The predicted octanol–water partition coefficient (Wildman–Crippen LogP) is 6.25. The third-order valence-electron chi connectivity index (χ3n) is 5.42. The van der Waals surface area contributed by atoms with Crippen molar-refractivity contribution in [3.8, 4) is 11.1 Å². The first-order valence-corrected chi connectivity index (χ1v) is 9.82. The average molecular weight is 580 g/mol. The average Bonchev–Trinajstić information content (AvgIpc) is 3.31. The van der Waals surface area contributed by atoms with Crippen LogP contribution in [0, 0.1) is 12.8 Å². The molecule has 0 atom stereocenters. The molecular weight excluding hydrogens is 563 g/mol. The van der Waals surface area contributed by atoms with Crippen LogP contribution in [0.15, 0.2) is 102 Å². The molecule has 0 saturated heterocycles. The first-order chi connectivity index (χ1) is 14.9. The second-order valence-corrected chi connectivity index (χ2v) is 7.16. The maximum atomic E-state index is 5.28. The van der Waals surface area contributed by atoms with E-state index in [-0.39, 0.29) is 20.1 Å². The molecule has 0 fully saturated rings. The van der Waals surface area contributed by atoms with Crippen LogP contribution in [-0.2, 0) is 24.9 Å². The number of hydrogen-bond acceptors (Lipinski definition) is 4. The Labute approximate surface area is 194 Å². The van der Waals surface area contributed by atoms with Gasteiger partial charge in [0.1, 0.15) is 5.84 Å². The van der Waals surface area contributed by atoms with Gasteiger partial charge in [-0.3, -0.25) is 0 Å². The summed E-state index contributed by atoms with van der Waals surface area (Å²) in [7, 11) is 0. The molecule has 4 aromatic rings. The Balaban J connectivity index is 0.00000204. The van der Waals surface area contributed by atoms with Crippen LogP contribution < -0.4 is 9.80 Å². The zero-order chi connectivity index (χ0) is 19.9. The second-order valence-electron chi connectivity index (χ2n) is 7.16. The molecule has 2 aliphatic rings. The summed E-state index contributed by atoms with van der Waals surface area (Å²) in [6.45, 7) is 1.63. The fourth-order valence-electron chi connectivity index (χ4n) is 4.09. The van der Waals surface area contributed by atoms with Gasteiger partial charge in [0.2, 0.25) is 0 Å². The zero-order valence-corrected chi connectivity index (χ0v) is 18.8. The van der Waals surface area contributed by atoms with Gasteiger partial charge < -0.3 is 14.6 Å². The monoisotopic (exact) mass is 580 g/mol. The molecule has 0 amide bonds. The molecule has 0 N–H and O–H groups in total. The van der Waals surface area contributed by atoms with Crippen molar-refractivity contribution < 1.29 is 24.9 Å². The van der Waals surface area contributed by atoms with Gasteiger partial charge >= 0.3 is 0 Å². The van der Waals surface area contributed by atoms with E-state index < -0.39 is 0 Å². The number of fused-ring (bicyclic) bond motifs is 6. The van der Waals surface area contributed by atoms with Gasteiger partial charge in [-0.1, -0.05) is 47.6 Å². The van der Waals surface area contributed by atoms with Gasteiger partial charge in [-0.25, -0.2) is 0 Å². The topological polar surface area (TPSA) is 28.1 Å². The maximum Gasteiger partial charge on any atom is 0.148 e. The third-order valence-corrected chi connectivity index (χ3v) is 5.42. The second kappa shape index (κ2) is 8.03. The van der Waals surface area contributed by atoms with E-state index >= 15 is 0 Å². The Morgan fingerprint density at radius 2 is 1.45 bits per heavy atom. The molecule has 153 valence electrons. The Hall–Kier alpha value is -3.40. The summed E-state index contributed by atoms with van der Waals surface area (Å²) in [5.41, 5.74) is 7.51. The first-order valence-electron chi connectivity index (χ1n) is 9.82. The molecule has 4 nitrogen and oxygen atoms in total. The van der Waals surface area contributed by atoms with Crippen molar-refractivity contribution >= 4 is 28.6 Å². The van der Waals surface area contributed by atoms with Crippen molar-refractivity contribution in [2.75, 3.05) is 9.80 Å². The van der Waals surface area contributed by atoms with E-state index in [2.05, 4.69) is 88.9 Å². The van der Waals surface area contributed by atoms with Crippen molar-refractivity contribution in [3.05, 3.63) is 115 Å². The van der Waals surface area contributed by atoms with Gasteiger partial charge in [-0.15, -0.1) is 10.7 Å². The molecule has 5 heteroatoms. The van der Waals surface area contributed by atoms with Gasteiger partial charge in [0.05, 0.1) is 0 Å². The van der Waals surface area contributed by atoms with Crippen LogP contribution in [0.3, 0.4) is 0 Å². The van der Waals surface area contributed by atoms with E-state index in [9.17, 15) is 0 Å². The van der Waals surface area contributed by atoms with Crippen LogP contribution in [0.5, 0.6) is 0 Å². The number of amidine groups is 1. The van der Waals surface area contributed by atoms with Crippen molar-refractivity contribution in [1.29, 1.82) is 0 Å². The van der Waals surface area contributed by atoms with Crippen molar-refractivity contribution in [1.82, 2.24) is 0 Å². The molecule has 2 heterocycles. The summed E-state index contributed by atoms with van der Waals surface area (Å²) in [5.74, 6) is 0.789. The minimum atomic E-state index is 0. The van der Waals surface area contributed by atoms with Crippen LogP contribution in [0.2, 0.25) is 0 Å². The first kappa shape index (κ1) is 19.6. The molecule has 0 spiro atoms. The van der Waals surface area contributed by atoms with E-state index in [1.54, 1.807) is 6.73 Å². The summed E-state index contributed by atoms with van der Waals surface area (Å²) < 4.78 is 0. The number of hydrogen-bond donors (Lipinski definition) is 0. The summed E-state index contributed by atoms with van der Waals surface area (Å²) in [6.07, 6.45) is 0. The fourth-order valence-corrected chi connectivity index (χ4v) is 4.09. The summed E-state index contributed by atoms with van der Waals surface area (Å²) in [6, 6.07) is 36.7. The molecule has 31 heavy (non-hydrogen) atoms. The quantitative estimate of drug-likeness (QED) is 0.269. The standard InChI is InChI=1S/C26H17N3O.Ir/c1-3-9-19(10-4-1)29(20-11-5-2-6-12-20)21-15-16-23-24(17-21)22-13-7-8-14-25(22)28-18-30-27-26(23)28;/h1-13,15-18H;/q-2;. The molecule has 2 aliphatic heterocycles. The number of anilines is 4. The molecule has 4 aromatic carbocycles. The Bertz CT molecular complexity index is 1220. The minimum Gasteiger partial charge on any atom is -0.544 e. The van der Waals surface area contributed by atoms with Gasteiger partial charge in [0, 0.05) is 42.7 Å². The van der Waals surface area contributed by atoms with Gasteiger partial charge in [0.25, 0.3) is 0 Å². The van der Waals surface area contributed by atoms with E-state index in [0.29, 0.717) is 0 Å². The summed E-state index contributed by atoms with van der Waals surface area (Å²) in [4.78, 5) is 9.49. The normalized spacial score (nSPS) is 13.2. The van der Waals surface area contributed by atoms with E-state index in [1.165, 1.54) is 0 Å². The number of oxime groups is 1. The molecule has 0 unspecified atom stereocenters. The van der Waals surface area contributed by atoms with E-state index in [0.717, 1.165) is 45.3 Å². The van der Waals surface area contributed by atoms with Crippen LogP contribution in [0.4, 0.5) is 22.7 Å². The van der Waals surface area contributed by atoms with Crippen molar-refractivity contribution in [2.24, 2.45) is 5.16 Å². The third kappa shape index (κ3) is 3.23. The van der Waals surface area contributed by atoms with E-state index in [1.807, 2.05) is 29.2 Å². The number of para-hydroxylation sites is 3. The van der Waals surface area contributed by atoms with E-state index in [4.69, 9.17) is 4.84 Å². The van der Waals surface area contributed by atoms with Crippen LogP contribution in [0.25, 0.3) is 11.1 Å². The predicted molar refractivity (Wildman–Crippen MR) is 120 cm³/mol. The molecule has 0 aliphatic carbocycles. The number of nitrogens with zero attached hydrogens (tertiary/aromatic N) is 3. The summed E-state index contributed by atoms with van der Waals surface area (Å²) in [5, 5.41) is 4.24. The van der Waals surface area contributed by atoms with Gasteiger partial charge in [-0.05, 0) is 49.2 Å². The van der Waals surface area contributed by atoms with Crippen molar-refractivity contribution in [2.45, 2.75) is 0 Å². The molecule has 0 saturated carbocycles. The molecular formula is C26H17IrN3O-2. The molecule has 0 aromatic heterocycles. The Morgan fingerprint density at radius 1 is 0.742 bits per heavy atom. The molecule has 6 rings (SSSR count). The smallest absolute Gasteiger partial charge is 0.148 e. The zero-order valence-electron chi connectivity index (χ0n) is 16.4. The Kier molecular flexibility index (Phi) is 5.06. The van der Waals surface area contributed by atoms with Crippen molar-refractivity contribution in [3.63, 3.8) is 0 Å². The van der Waals surface area contributed by atoms with Crippen LogP contribution in [-0.4, -0.2) is 5.84 Å². The van der Waals surface area contributed by atoms with Crippen LogP contribution >= 0.6 is 0 Å². The van der Waals surface area contributed by atoms with Gasteiger partial charge in [-0.2, -0.15) is 24.3 Å². The Morgan fingerprint density at radius 3 is 2.16 bits per heavy atom. The van der Waals surface area contributed by atoms with Crippen LogP contribution in [0.1, 0.15) is 5.56 Å². The minimum absolute atomic E-state index is 0. The fraction of sp³-hybridized carbons (Fsp3) is 0. The SMILES string of the molecule is [Ir].[c-]1cccc2c1N1[CH-]ON=C1c1ccc(N(c3ccccc3)c3ccccc3)cc1-2. The number of rotatable bonds is 3. The molecule has 0 bridgehead atoms.